The van der Waals surface area contributed by atoms with Gasteiger partial charge in [-0.05, 0) is 43.6 Å². The van der Waals surface area contributed by atoms with Gasteiger partial charge in [-0.1, -0.05) is 39.0 Å². The van der Waals surface area contributed by atoms with Crippen molar-refractivity contribution in [2.75, 3.05) is 6.61 Å². The average Bonchev–Trinajstić information content (AvgIpc) is 2.84. The Hall–Kier alpha value is -1.01. The van der Waals surface area contributed by atoms with Crippen molar-refractivity contribution in [3.8, 4) is 0 Å². The molecule has 1 heterocycles. The summed E-state index contributed by atoms with van der Waals surface area (Å²) in [4.78, 5) is 12.6. The van der Waals surface area contributed by atoms with Gasteiger partial charge in [-0.2, -0.15) is 0 Å². The van der Waals surface area contributed by atoms with Gasteiger partial charge in [0.25, 0.3) is 0 Å². The number of hydrogen-bond donors (Lipinski definition) is 0. The molecule has 0 amide bonds. The van der Waals surface area contributed by atoms with Gasteiger partial charge < -0.3 is 13.9 Å². The summed E-state index contributed by atoms with van der Waals surface area (Å²) < 4.78 is 17.4. The molecule has 1 aromatic rings. The largest absolute Gasteiger partial charge is 0.413 e. The number of carbonyl (C=O) groups excluding carboxylic acids is 1. The second-order valence-corrected chi connectivity index (χ2v) is 13.2. The molecule has 2 rings (SSSR count). The summed E-state index contributed by atoms with van der Waals surface area (Å²) in [7, 11) is -1.81. The molecular weight excluding hydrogens is 320 g/mol. The second kappa shape index (κ2) is 6.71. The van der Waals surface area contributed by atoms with Crippen molar-refractivity contribution in [3.05, 3.63) is 35.4 Å². The number of rotatable bonds is 5. The summed E-state index contributed by atoms with van der Waals surface area (Å²) in [6.45, 7) is 15.6. The molecule has 24 heavy (non-hydrogen) atoms. The fourth-order valence-electron chi connectivity index (χ4n) is 2.30. The molecule has 1 aliphatic heterocycles. The molecule has 1 atom stereocenters. The van der Waals surface area contributed by atoms with Gasteiger partial charge in [-0.3, -0.25) is 4.79 Å². The molecule has 1 saturated heterocycles. The summed E-state index contributed by atoms with van der Waals surface area (Å²) in [6, 6.07) is 7.63. The number of hydrogen-bond acceptors (Lipinski definition) is 4. The molecule has 4 nitrogen and oxygen atoms in total. The first-order valence-electron chi connectivity index (χ1n) is 8.50. The van der Waals surface area contributed by atoms with Crippen molar-refractivity contribution in [1.82, 2.24) is 0 Å². The van der Waals surface area contributed by atoms with E-state index in [1.54, 1.807) is 0 Å². The minimum absolute atomic E-state index is 0.0326. The van der Waals surface area contributed by atoms with Crippen LogP contribution in [0, 0.1) is 0 Å². The lowest BCUT2D eigenvalue weighted by atomic mass is 10.0. The third-order valence-corrected chi connectivity index (χ3v) is 9.40. The van der Waals surface area contributed by atoms with Gasteiger partial charge >= 0.3 is 0 Å². The van der Waals surface area contributed by atoms with Gasteiger partial charge in [-0.25, -0.2) is 0 Å². The molecule has 5 heteroatoms. The molecule has 0 N–H and O–H groups in total. The number of Topliss-reactive ketones (excluding diaryl/α,β-unsaturated/α-hetero) is 1. The average molecular weight is 351 g/mol. The van der Waals surface area contributed by atoms with Crippen LogP contribution >= 0.6 is 0 Å². The molecule has 0 radical (unpaired) electrons. The van der Waals surface area contributed by atoms with Gasteiger partial charge in [-0.15, -0.1) is 0 Å². The highest BCUT2D eigenvalue weighted by Crippen LogP contribution is 2.37. The molecule has 0 bridgehead atoms. The van der Waals surface area contributed by atoms with Crippen LogP contribution in [0.3, 0.4) is 0 Å². The van der Waals surface area contributed by atoms with Gasteiger partial charge in [0, 0.05) is 5.56 Å². The van der Waals surface area contributed by atoms with Gasteiger partial charge in [0.05, 0.1) is 13.2 Å². The first kappa shape index (κ1) is 19.3. The lowest BCUT2D eigenvalue weighted by Gasteiger charge is -2.36. The van der Waals surface area contributed by atoms with Crippen LogP contribution in [0.2, 0.25) is 18.1 Å². The molecule has 1 aromatic carbocycles. The number of ketones is 1. The van der Waals surface area contributed by atoms with Gasteiger partial charge in [0.2, 0.25) is 0 Å². The van der Waals surface area contributed by atoms with Crippen LogP contribution in [-0.4, -0.2) is 32.6 Å². The second-order valence-electron chi connectivity index (χ2n) is 8.43. The number of benzene rings is 1. The minimum Gasteiger partial charge on any atom is -0.413 e. The van der Waals surface area contributed by atoms with E-state index in [1.165, 1.54) is 0 Å². The van der Waals surface area contributed by atoms with Crippen molar-refractivity contribution < 1.29 is 18.7 Å². The molecule has 0 aromatic heterocycles. The summed E-state index contributed by atoms with van der Waals surface area (Å²) in [5.74, 6) is -0.724. The summed E-state index contributed by atoms with van der Waals surface area (Å²) in [5, 5.41) is 0.168. The lowest BCUT2D eigenvalue weighted by Crippen LogP contribution is -2.40. The van der Waals surface area contributed by atoms with E-state index in [-0.39, 0.29) is 10.8 Å². The Labute approximate surface area is 146 Å². The van der Waals surface area contributed by atoms with Crippen molar-refractivity contribution in [2.24, 2.45) is 0 Å². The fraction of sp³-hybridized carbons (Fsp3) is 0.632. The predicted octanol–water partition coefficient (Wildman–Crippen LogP) is 4.54. The molecule has 0 saturated carbocycles. The first-order valence-corrected chi connectivity index (χ1v) is 11.4. The summed E-state index contributed by atoms with van der Waals surface area (Å²) in [5.41, 5.74) is 1.67. The minimum atomic E-state index is -1.81. The normalized spacial score (nSPS) is 21.0. The van der Waals surface area contributed by atoms with E-state index in [1.807, 2.05) is 38.1 Å². The van der Waals surface area contributed by atoms with Crippen molar-refractivity contribution in [2.45, 2.75) is 71.2 Å². The Balaban J connectivity index is 2.05. The van der Waals surface area contributed by atoms with Crippen LogP contribution in [0.15, 0.2) is 24.3 Å². The van der Waals surface area contributed by atoms with Crippen LogP contribution in [0.1, 0.15) is 50.5 Å². The predicted molar refractivity (Wildman–Crippen MR) is 97.7 cm³/mol. The maximum atomic E-state index is 12.6. The van der Waals surface area contributed by atoms with Crippen molar-refractivity contribution in [1.29, 1.82) is 0 Å². The molecule has 134 valence electrons. The van der Waals surface area contributed by atoms with E-state index < -0.39 is 20.2 Å². The number of carbonyl (C=O) groups is 1. The van der Waals surface area contributed by atoms with Gasteiger partial charge in [0.1, 0.15) is 6.10 Å². The SMILES string of the molecule is CC1(C)OC[C@H](C(=O)c2cccc(CO[Si](C)(C)C(C)(C)C)c2)O1. The first-order chi connectivity index (χ1) is 10.9. The monoisotopic (exact) mass is 350 g/mol. The van der Waals surface area contributed by atoms with Crippen LogP contribution in [-0.2, 0) is 20.5 Å². The Morgan fingerprint density at radius 3 is 2.54 bits per heavy atom. The molecule has 0 unspecified atom stereocenters. The molecule has 0 spiro atoms. The van der Waals surface area contributed by atoms with Crippen molar-refractivity contribution in [3.63, 3.8) is 0 Å². The Bertz CT molecular complexity index is 602. The van der Waals surface area contributed by atoms with E-state index in [4.69, 9.17) is 13.9 Å². The fourth-order valence-corrected chi connectivity index (χ4v) is 3.26. The molecule has 0 aliphatic carbocycles. The summed E-state index contributed by atoms with van der Waals surface area (Å²) >= 11 is 0. The Morgan fingerprint density at radius 1 is 1.33 bits per heavy atom. The third-order valence-electron chi connectivity index (χ3n) is 4.92. The zero-order valence-electron chi connectivity index (χ0n) is 15.9. The Kier molecular flexibility index (Phi) is 5.40. The van der Waals surface area contributed by atoms with E-state index in [2.05, 4.69) is 33.9 Å². The van der Waals surface area contributed by atoms with Crippen LogP contribution in [0.5, 0.6) is 0 Å². The zero-order valence-corrected chi connectivity index (χ0v) is 16.9. The van der Waals surface area contributed by atoms with E-state index in [0.29, 0.717) is 18.8 Å². The standard InChI is InChI=1S/C19H30O4Si/c1-18(2,3)24(6,7)22-12-14-9-8-10-15(11-14)17(20)16-13-21-19(4,5)23-16/h8-11,16H,12-13H2,1-7H3/t16-/m1/s1. The molecule has 1 fully saturated rings. The maximum absolute atomic E-state index is 12.6. The van der Waals surface area contributed by atoms with E-state index in [9.17, 15) is 4.79 Å². The number of ether oxygens (including phenoxy) is 2. The maximum Gasteiger partial charge on any atom is 0.194 e. The highest BCUT2D eigenvalue weighted by Gasteiger charge is 2.38. The molecular formula is C19H30O4Si. The highest BCUT2D eigenvalue weighted by molar-refractivity contribution is 6.74. The Morgan fingerprint density at radius 2 is 2.00 bits per heavy atom. The smallest absolute Gasteiger partial charge is 0.194 e. The summed E-state index contributed by atoms with van der Waals surface area (Å²) in [6.07, 6.45) is -0.531. The van der Waals surface area contributed by atoms with Gasteiger partial charge in [0.15, 0.2) is 19.9 Å². The topological polar surface area (TPSA) is 44.8 Å². The van der Waals surface area contributed by atoms with E-state index >= 15 is 0 Å². The highest BCUT2D eigenvalue weighted by atomic mass is 28.4. The third kappa shape index (κ3) is 4.54. The zero-order chi connectivity index (χ0) is 18.2. The van der Waals surface area contributed by atoms with Crippen LogP contribution in [0.25, 0.3) is 0 Å². The molecule has 1 aliphatic rings. The lowest BCUT2D eigenvalue weighted by molar-refractivity contribution is -0.133. The van der Waals surface area contributed by atoms with Crippen LogP contribution < -0.4 is 0 Å². The van der Waals surface area contributed by atoms with Crippen LogP contribution in [0.4, 0.5) is 0 Å². The van der Waals surface area contributed by atoms with E-state index in [0.717, 1.165) is 5.56 Å². The quantitative estimate of drug-likeness (QED) is 0.577. The van der Waals surface area contributed by atoms with Crippen molar-refractivity contribution >= 4 is 14.1 Å².